The smallest absolute Gasteiger partial charge is 0.325 e. The summed E-state index contributed by atoms with van der Waals surface area (Å²) >= 11 is 0. The maximum atomic E-state index is 12.5. The molecule has 1 aromatic rings. The van der Waals surface area contributed by atoms with Crippen LogP contribution in [0.15, 0.2) is 6.20 Å². The summed E-state index contributed by atoms with van der Waals surface area (Å²) in [6.45, 7) is 5.98. The fourth-order valence-electron chi connectivity index (χ4n) is 2.83. The van der Waals surface area contributed by atoms with E-state index < -0.39 is 17.5 Å². The van der Waals surface area contributed by atoms with E-state index in [4.69, 9.17) is 4.74 Å². The van der Waals surface area contributed by atoms with Crippen molar-refractivity contribution in [2.45, 2.75) is 32.4 Å². The number of hydrogen-bond acceptors (Lipinski definition) is 5. The van der Waals surface area contributed by atoms with Crippen molar-refractivity contribution in [3.8, 4) is 0 Å². The first-order valence-electron chi connectivity index (χ1n) is 7.83. The van der Waals surface area contributed by atoms with Gasteiger partial charge in [-0.05, 0) is 20.8 Å². The average Bonchev–Trinajstić information content (AvgIpc) is 3.04. The second-order valence-electron chi connectivity index (χ2n) is 6.60. The molecule has 24 heavy (non-hydrogen) atoms. The quantitative estimate of drug-likeness (QED) is 0.753. The highest BCUT2D eigenvalue weighted by Gasteiger charge is 2.45. The minimum atomic E-state index is -0.976. The first-order valence-corrected chi connectivity index (χ1v) is 7.83. The van der Waals surface area contributed by atoms with Crippen molar-refractivity contribution in [3.63, 3.8) is 0 Å². The Morgan fingerprint density at radius 3 is 2.79 bits per heavy atom. The Hall–Kier alpha value is -2.42. The second-order valence-corrected chi connectivity index (χ2v) is 6.60. The fourth-order valence-corrected chi connectivity index (χ4v) is 2.83. The van der Waals surface area contributed by atoms with Gasteiger partial charge in [0.2, 0.25) is 5.91 Å². The Balaban J connectivity index is 1.65. The molecule has 1 aromatic heterocycles. The van der Waals surface area contributed by atoms with E-state index in [0.717, 1.165) is 10.6 Å². The van der Waals surface area contributed by atoms with Crippen molar-refractivity contribution >= 4 is 17.8 Å². The Kier molecular flexibility index (Phi) is 4.04. The van der Waals surface area contributed by atoms with Gasteiger partial charge in [0.1, 0.15) is 24.0 Å². The summed E-state index contributed by atoms with van der Waals surface area (Å²) in [5.74, 6) is -0.0128. The number of imide groups is 1. The number of aryl methyl sites for hydroxylation is 1. The van der Waals surface area contributed by atoms with Crippen LogP contribution < -0.4 is 5.32 Å². The van der Waals surface area contributed by atoms with Gasteiger partial charge in [-0.15, -0.1) is 0 Å². The third-order valence-corrected chi connectivity index (χ3v) is 4.18. The number of aromatic amines is 1. The molecule has 2 aliphatic heterocycles. The third-order valence-electron chi connectivity index (χ3n) is 4.18. The monoisotopic (exact) mass is 335 g/mol. The van der Waals surface area contributed by atoms with E-state index in [1.165, 1.54) is 0 Å². The van der Waals surface area contributed by atoms with Crippen LogP contribution in [-0.4, -0.2) is 69.4 Å². The molecule has 4 amide bonds. The molecular weight excluding hydrogens is 314 g/mol. The first-order chi connectivity index (χ1) is 11.3. The van der Waals surface area contributed by atoms with Gasteiger partial charge >= 0.3 is 6.03 Å². The number of urea groups is 1. The van der Waals surface area contributed by atoms with Gasteiger partial charge in [0.15, 0.2) is 0 Å². The highest BCUT2D eigenvalue weighted by molar-refractivity contribution is 6.08. The number of nitrogens with zero attached hydrogens (tertiary/aromatic N) is 3. The summed E-state index contributed by atoms with van der Waals surface area (Å²) in [7, 11) is 0. The Morgan fingerprint density at radius 2 is 2.21 bits per heavy atom. The molecule has 3 heterocycles. The standard InChI is InChI=1S/C15H21N5O4/c1-9-6-16-12(17-9)10-7-19(4-5-24-10)11(21)8-20-13(22)15(2,3)18-14(20)23/h6,10H,4-5,7-8H2,1-3H3,(H,16,17)(H,18,23). The molecule has 2 saturated heterocycles. The molecule has 9 nitrogen and oxygen atoms in total. The number of aromatic nitrogens is 2. The molecule has 0 aliphatic carbocycles. The highest BCUT2D eigenvalue weighted by atomic mass is 16.5. The number of carbonyl (C=O) groups excluding carboxylic acids is 3. The summed E-state index contributed by atoms with van der Waals surface area (Å²) in [4.78, 5) is 46.5. The summed E-state index contributed by atoms with van der Waals surface area (Å²) in [5.41, 5.74) is -0.0602. The highest BCUT2D eigenvalue weighted by Crippen LogP contribution is 2.21. The number of morpholine rings is 1. The molecule has 0 aromatic carbocycles. The van der Waals surface area contributed by atoms with Gasteiger partial charge < -0.3 is 19.9 Å². The van der Waals surface area contributed by atoms with Gasteiger partial charge in [-0.2, -0.15) is 0 Å². The summed E-state index contributed by atoms with van der Waals surface area (Å²) in [5, 5.41) is 2.57. The molecule has 9 heteroatoms. The maximum Gasteiger partial charge on any atom is 0.325 e. The molecule has 0 saturated carbocycles. The number of hydrogen-bond donors (Lipinski definition) is 2. The van der Waals surface area contributed by atoms with Gasteiger partial charge in [-0.25, -0.2) is 9.78 Å². The molecule has 2 aliphatic rings. The predicted octanol–water partition coefficient (Wildman–Crippen LogP) is -0.0516. The zero-order chi connectivity index (χ0) is 17.5. The Bertz CT molecular complexity index is 683. The van der Waals surface area contributed by atoms with Gasteiger partial charge in [0.05, 0.1) is 13.2 Å². The molecule has 0 spiro atoms. The lowest BCUT2D eigenvalue weighted by atomic mass is 10.1. The van der Waals surface area contributed by atoms with Gasteiger partial charge in [-0.1, -0.05) is 0 Å². The number of rotatable bonds is 3. The molecular formula is C15H21N5O4. The normalized spacial score (nSPS) is 23.5. The second kappa shape index (κ2) is 5.90. The molecule has 3 rings (SSSR count). The van der Waals surface area contributed by atoms with E-state index >= 15 is 0 Å². The minimum Gasteiger partial charge on any atom is -0.367 e. The van der Waals surface area contributed by atoms with Crippen LogP contribution in [0.25, 0.3) is 0 Å². The van der Waals surface area contributed by atoms with Crippen LogP contribution in [0.1, 0.15) is 31.5 Å². The SMILES string of the molecule is Cc1cnc(C2CN(C(=O)CN3C(=O)NC(C)(C)C3=O)CCO2)[nH]1. The van der Waals surface area contributed by atoms with Crippen molar-refractivity contribution in [2.75, 3.05) is 26.2 Å². The predicted molar refractivity (Wildman–Crippen MR) is 82.9 cm³/mol. The number of nitrogens with one attached hydrogen (secondary N) is 2. The van der Waals surface area contributed by atoms with Crippen LogP contribution in [0.4, 0.5) is 4.79 Å². The van der Waals surface area contributed by atoms with E-state index in [2.05, 4.69) is 15.3 Å². The van der Waals surface area contributed by atoms with Crippen molar-refractivity contribution in [2.24, 2.45) is 0 Å². The molecule has 2 fully saturated rings. The number of imidazole rings is 1. The average molecular weight is 335 g/mol. The maximum absolute atomic E-state index is 12.5. The van der Waals surface area contributed by atoms with Crippen LogP contribution >= 0.6 is 0 Å². The number of ether oxygens (including phenoxy) is 1. The number of H-pyrrole nitrogens is 1. The lowest BCUT2D eigenvalue weighted by Crippen LogP contribution is -2.48. The summed E-state index contributed by atoms with van der Waals surface area (Å²) < 4.78 is 5.66. The molecule has 0 radical (unpaired) electrons. The molecule has 0 bridgehead atoms. The van der Waals surface area contributed by atoms with E-state index in [9.17, 15) is 14.4 Å². The van der Waals surface area contributed by atoms with Crippen LogP contribution in [0.3, 0.4) is 0 Å². The van der Waals surface area contributed by atoms with Crippen LogP contribution in [0.2, 0.25) is 0 Å². The van der Waals surface area contributed by atoms with Gasteiger partial charge in [0.25, 0.3) is 5.91 Å². The largest absolute Gasteiger partial charge is 0.367 e. The Morgan fingerprint density at radius 1 is 1.46 bits per heavy atom. The van der Waals surface area contributed by atoms with Gasteiger partial charge in [-0.3, -0.25) is 14.5 Å². The zero-order valence-electron chi connectivity index (χ0n) is 14.0. The topological polar surface area (TPSA) is 108 Å². The molecule has 1 unspecified atom stereocenters. The summed E-state index contributed by atoms with van der Waals surface area (Å²) in [6, 6.07) is -0.537. The zero-order valence-corrected chi connectivity index (χ0v) is 14.0. The van der Waals surface area contributed by atoms with Crippen molar-refractivity contribution in [3.05, 3.63) is 17.7 Å². The molecule has 130 valence electrons. The van der Waals surface area contributed by atoms with Gasteiger partial charge in [0, 0.05) is 18.4 Å². The Labute approximate surface area is 139 Å². The van der Waals surface area contributed by atoms with Crippen LogP contribution in [0.5, 0.6) is 0 Å². The molecule has 2 N–H and O–H groups in total. The summed E-state index contributed by atoms with van der Waals surface area (Å²) in [6.07, 6.45) is 1.37. The van der Waals surface area contributed by atoms with E-state index in [1.807, 2.05) is 6.92 Å². The lowest BCUT2D eigenvalue weighted by Gasteiger charge is -2.32. The minimum absolute atomic E-state index is 0.266. The fraction of sp³-hybridized carbons (Fsp3) is 0.600. The first kappa shape index (κ1) is 16.4. The van der Waals surface area contributed by atoms with E-state index in [0.29, 0.717) is 25.5 Å². The molecule has 1 atom stereocenters. The van der Waals surface area contributed by atoms with Crippen LogP contribution in [0, 0.1) is 6.92 Å². The van der Waals surface area contributed by atoms with Crippen molar-refractivity contribution in [1.82, 2.24) is 25.1 Å². The van der Waals surface area contributed by atoms with Crippen molar-refractivity contribution < 1.29 is 19.1 Å². The number of carbonyl (C=O) groups is 3. The third kappa shape index (κ3) is 2.99. The lowest BCUT2D eigenvalue weighted by molar-refractivity contribution is -0.143. The van der Waals surface area contributed by atoms with Crippen LogP contribution in [-0.2, 0) is 14.3 Å². The van der Waals surface area contributed by atoms with E-state index in [1.54, 1.807) is 24.9 Å². The van der Waals surface area contributed by atoms with E-state index in [-0.39, 0.29) is 18.6 Å². The number of amides is 4. The van der Waals surface area contributed by atoms with Crippen molar-refractivity contribution in [1.29, 1.82) is 0 Å².